The fourth-order valence-corrected chi connectivity index (χ4v) is 3.30. The van der Waals surface area contributed by atoms with Gasteiger partial charge in [-0.1, -0.05) is 48.0 Å². The first-order valence-corrected chi connectivity index (χ1v) is 8.43. The Labute approximate surface area is 131 Å². The summed E-state index contributed by atoms with van der Waals surface area (Å²) in [6.07, 6.45) is 2.83. The third-order valence-electron chi connectivity index (χ3n) is 3.26. The molecule has 2 aromatic rings. The van der Waals surface area contributed by atoms with E-state index in [1.165, 1.54) is 16.7 Å². The molecule has 0 saturated heterocycles. The Balaban J connectivity index is 2.09. The summed E-state index contributed by atoms with van der Waals surface area (Å²) >= 11 is 1.67. The average Bonchev–Trinajstić information content (AvgIpc) is 2.83. The minimum Gasteiger partial charge on any atom is -0.440 e. The fourth-order valence-electron chi connectivity index (χ4n) is 2.36. The lowest BCUT2D eigenvalue weighted by molar-refractivity contribution is 0.453. The molecule has 0 aliphatic rings. The Kier molecular flexibility index (Phi) is 5.88. The Morgan fingerprint density at radius 1 is 1.19 bits per heavy atom. The van der Waals surface area contributed by atoms with E-state index < -0.39 is 0 Å². The van der Waals surface area contributed by atoms with E-state index in [4.69, 9.17) is 4.42 Å². The van der Waals surface area contributed by atoms with E-state index in [0.717, 1.165) is 29.6 Å². The molecule has 114 valence electrons. The molecule has 3 nitrogen and oxygen atoms in total. The topological polar surface area (TPSA) is 38.1 Å². The second-order valence-electron chi connectivity index (χ2n) is 5.49. The van der Waals surface area contributed by atoms with E-state index in [1.54, 1.807) is 18.0 Å². The summed E-state index contributed by atoms with van der Waals surface area (Å²) in [5.74, 6) is 0.919. The Morgan fingerprint density at radius 3 is 2.48 bits per heavy atom. The van der Waals surface area contributed by atoms with Crippen molar-refractivity contribution in [1.29, 1.82) is 0 Å². The second-order valence-corrected chi connectivity index (χ2v) is 6.46. The molecule has 0 aliphatic carbocycles. The largest absolute Gasteiger partial charge is 0.440 e. The lowest BCUT2D eigenvalue weighted by Crippen LogP contribution is -2.24. The molecule has 1 aromatic heterocycles. The van der Waals surface area contributed by atoms with Crippen LogP contribution in [0.1, 0.15) is 41.8 Å². The number of nitrogens with one attached hydrogen (secondary N) is 1. The normalized spacial score (nSPS) is 12.6. The van der Waals surface area contributed by atoms with Gasteiger partial charge in [0.25, 0.3) is 5.22 Å². The third kappa shape index (κ3) is 4.90. The highest BCUT2D eigenvalue weighted by Gasteiger charge is 2.14. The number of benzene rings is 1. The molecule has 0 aliphatic heterocycles. The van der Waals surface area contributed by atoms with Crippen LogP contribution in [0.2, 0.25) is 0 Å². The van der Waals surface area contributed by atoms with Crippen LogP contribution in [-0.4, -0.2) is 17.3 Å². The number of hydrogen-bond acceptors (Lipinski definition) is 4. The zero-order chi connectivity index (χ0) is 15.2. The summed E-state index contributed by atoms with van der Waals surface area (Å²) in [7, 11) is 0. The van der Waals surface area contributed by atoms with Crippen LogP contribution in [0.3, 0.4) is 0 Å². The zero-order valence-corrected chi connectivity index (χ0v) is 14.1. The minimum absolute atomic E-state index is 0.320. The van der Waals surface area contributed by atoms with E-state index in [0.29, 0.717) is 6.04 Å². The molecule has 21 heavy (non-hydrogen) atoms. The van der Waals surface area contributed by atoms with E-state index in [1.807, 2.05) is 6.92 Å². The van der Waals surface area contributed by atoms with Crippen molar-refractivity contribution in [2.45, 2.75) is 45.4 Å². The third-order valence-corrected chi connectivity index (χ3v) is 4.19. The van der Waals surface area contributed by atoms with Gasteiger partial charge >= 0.3 is 0 Å². The van der Waals surface area contributed by atoms with Gasteiger partial charge in [0.05, 0.1) is 5.69 Å². The minimum atomic E-state index is 0.320. The van der Waals surface area contributed by atoms with E-state index >= 15 is 0 Å². The van der Waals surface area contributed by atoms with Crippen molar-refractivity contribution in [2.75, 3.05) is 12.3 Å². The first-order valence-electron chi connectivity index (χ1n) is 7.45. The van der Waals surface area contributed by atoms with Crippen LogP contribution in [0.15, 0.2) is 34.1 Å². The van der Waals surface area contributed by atoms with Crippen LogP contribution in [0, 0.1) is 20.8 Å². The van der Waals surface area contributed by atoms with Gasteiger partial charge in [0, 0.05) is 11.8 Å². The quantitative estimate of drug-likeness (QED) is 0.768. The van der Waals surface area contributed by atoms with E-state index in [-0.39, 0.29) is 0 Å². The van der Waals surface area contributed by atoms with Crippen molar-refractivity contribution in [3.05, 3.63) is 46.8 Å². The molecule has 1 N–H and O–H groups in total. The number of thioether (sulfide) groups is 1. The number of hydrogen-bond donors (Lipinski definition) is 1. The molecule has 0 fully saturated rings. The molecule has 1 unspecified atom stereocenters. The molecule has 0 saturated carbocycles. The lowest BCUT2D eigenvalue weighted by Gasteiger charge is -2.19. The van der Waals surface area contributed by atoms with Gasteiger partial charge in [-0.2, -0.15) is 0 Å². The van der Waals surface area contributed by atoms with Crippen LogP contribution in [0.4, 0.5) is 0 Å². The summed E-state index contributed by atoms with van der Waals surface area (Å²) in [4.78, 5) is 4.36. The molecule has 1 heterocycles. The highest BCUT2D eigenvalue weighted by atomic mass is 32.2. The standard InChI is InChI=1S/C17H24N2OS/c1-5-6-18-16(11-21-17-19-14(4)10-20-17)15-8-12(2)7-13(3)9-15/h7-10,16,18H,5-6,11H2,1-4H3. The Morgan fingerprint density at radius 2 is 1.90 bits per heavy atom. The zero-order valence-electron chi connectivity index (χ0n) is 13.3. The van der Waals surface area contributed by atoms with Crippen molar-refractivity contribution in [2.24, 2.45) is 0 Å². The predicted molar refractivity (Wildman–Crippen MR) is 88.9 cm³/mol. The summed E-state index contributed by atoms with van der Waals surface area (Å²) in [6.45, 7) is 9.46. The molecule has 1 atom stereocenters. The van der Waals surface area contributed by atoms with Crippen molar-refractivity contribution < 1.29 is 4.42 Å². The Hall–Kier alpha value is -1.26. The molecule has 0 amide bonds. The van der Waals surface area contributed by atoms with Crippen LogP contribution >= 0.6 is 11.8 Å². The van der Waals surface area contributed by atoms with Gasteiger partial charge in [-0.3, -0.25) is 0 Å². The Bertz CT molecular complexity index is 560. The van der Waals surface area contributed by atoms with Gasteiger partial charge < -0.3 is 9.73 Å². The van der Waals surface area contributed by atoms with Crippen LogP contribution in [-0.2, 0) is 0 Å². The van der Waals surface area contributed by atoms with Gasteiger partial charge in [-0.15, -0.1) is 0 Å². The molecule has 2 rings (SSSR count). The summed E-state index contributed by atoms with van der Waals surface area (Å²) in [5, 5.41) is 4.38. The summed E-state index contributed by atoms with van der Waals surface area (Å²) in [5.41, 5.74) is 4.90. The number of nitrogens with zero attached hydrogens (tertiary/aromatic N) is 1. The SMILES string of the molecule is CCCNC(CSc1nc(C)co1)c1cc(C)cc(C)c1. The fraction of sp³-hybridized carbons (Fsp3) is 0.471. The van der Waals surface area contributed by atoms with Crippen molar-refractivity contribution in [3.63, 3.8) is 0 Å². The molecule has 0 spiro atoms. The molecular formula is C17H24N2OS. The summed E-state index contributed by atoms with van der Waals surface area (Å²) < 4.78 is 5.43. The van der Waals surface area contributed by atoms with Crippen molar-refractivity contribution in [1.82, 2.24) is 10.3 Å². The van der Waals surface area contributed by atoms with Gasteiger partial charge in [-0.05, 0) is 39.3 Å². The molecule has 4 heteroatoms. The van der Waals surface area contributed by atoms with Gasteiger partial charge in [-0.25, -0.2) is 4.98 Å². The van der Waals surface area contributed by atoms with E-state index in [2.05, 4.69) is 49.3 Å². The molecule has 0 bridgehead atoms. The maximum atomic E-state index is 5.43. The summed E-state index contributed by atoms with van der Waals surface area (Å²) in [6, 6.07) is 7.06. The maximum absolute atomic E-state index is 5.43. The lowest BCUT2D eigenvalue weighted by atomic mass is 10.0. The predicted octanol–water partition coefficient (Wildman–Crippen LogP) is 4.43. The molecule has 1 aromatic carbocycles. The molecule has 0 radical (unpaired) electrons. The smallest absolute Gasteiger partial charge is 0.255 e. The number of aromatic nitrogens is 1. The average molecular weight is 304 g/mol. The number of aryl methyl sites for hydroxylation is 3. The van der Waals surface area contributed by atoms with Crippen molar-refractivity contribution in [3.8, 4) is 0 Å². The van der Waals surface area contributed by atoms with Crippen LogP contribution < -0.4 is 5.32 Å². The second kappa shape index (κ2) is 7.66. The van der Waals surface area contributed by atoms with Crippen LogP contribution in [0.5, 0.6) is 0 Å². The molecular weight excluding hydrogens is 280 g/mol. The maximum Gasteiger partial charge on any atom is 0.255 e. The first kappa shape index (κ1) is 16.1. The number of rotatable bonds is 7. The van der Waals surface area contributed by atoms with Gasteiger partial charge in [0.1, 0.15) is 6.26 Å². The number of oxazole rings is 1. The highest BCUT2D eigenvalue weighted by molar-refractivity contribution is 7.99. The van der Waals surface area contributed by atoms with Gasteiger partial charge in [0.2, 0.25) is 0 Å². The highest BCUT2D eigenvalue weighted by Crippen LogP contribution is 2.25. The first-order chi connectivity index (χ1) is 10.1. The monoisotopic (exact) mass is 304 g/mol. The van der Waals surface area contributed by atoms with Gasteiger partial charge in [0.15, 0.2) is 0 Å². The van der Waals surface area contributed by atoms with Crippen LogP contribution in [0.25, 0.3) is 0 Å². The van der Waals surface area contributed by atoms with E-state index in [9.17, 15) is 0 Å². The van der Waals surface area contributed by atoms with Crippen molar-refractivity contribution >= 4 is 11.8 Å².